The van der Waals surface area contributed by atoms with E-state index in [1.165, 1.54) is 23.1 Å². The molecule has 0 atom stereocenters. The Kier molecular flexibility index (Phi) is 6.54. The molecule has 154 valence electrons. The molecular formula is C21H23FN2O5. The fourth-order valence-electron chi connectivity index (χ4n) is 3.27. The minimum absolute atomic E-state index is 0.116. The zero-order chi connectivity index (χ0) is 20.8. The number of rotatable bonds is 5. The van der Waals surface area contributed by atoms with Crippen molar-refractivity contribution in [1.29, 1.82) is 0 Å². The lowest BCUT2D eigenvalue weighted by Gasteiger charge is -2.29. The molecule has 1 aliphatic rings. The number of anilines is 1. The normalized spacial score (nSPS) is 14.3. The number of carbonyl (C=O) groups is 2. The molecule has 0 unspecified atom stereocenters. The quantitative estimate of drug-likeness (QED) is 0.772. The number of carbonyl (C=O) groups excluding carboxylic acids is 1. The van der Waals surface area contributed by atoms with E-state index in [-0.39, 0.29) is 12.5 Å². The second-order valence-corrected chi connectivity index (χ2v) is 6.85. The Labute approximate surface area is 168 Å². The summed E-state index contributed by atoms with van der Waals surface area (Å²) in [5, 5.41) is 11.6. The number of hydrogen-bond acceptors (Lipinski definition) is 4. The lowest BCUT2D eigenvalue weighted by Crippen LogP contribution is -2.38. The maximum absolute atomic E-state index is 13.8. The van der Waals surface area contributed by atoms with E-state index in [2.05, 4.69) is 5.32 Å². The van der Waals surface area contributed by atoms with Crippen molar-refractivity contribution in [2.45, 2.75) is 12.8 Å². The summed E-state index contributed by atoms with van der Waals surface area (Å²) in [6.45, 7) is 1.08. The molecule has 2 N–H and O–H groups in total. The molecule has 8 heteroatoms. The number of carboxylic acid groups (broad SMARTS) is 1. The molecule has 2 aromatic rings. The van der Waals surface area contributed by atoms with Crippen molar-refractivity contribution in [2.24, 2.45) is 5.92 Å². The predicted octanol–water partition coefficient (Wildman–Crippen LogP) is 4.44. The third-order valence-electron chi connectivity index (χ3n) is 4.95. The highest BCUT2D eigenvalue weighted by atomic mass is 19.1. The summed E-state index contributed by atoms with van der Waals surface area (Å²) in [7, 11) is 1.56. The van der Waals surface area contributed by atoms with Gasteiger partial charge in [-0.15, -0.1) is 0 Å². The second-order valence-electron chi connectivity index (χ2n) is 6.85. The van der Waals surface area contributed by atoms with E-state index in [4.69, 9.17) is 14.6 Å². The molecular weight excluding hydrogens is 379 g/mol. The smallest absolute Gasteiger partial charge is 0.411 e. The van der Waals surface area contributed by atoms with Gasteiger partial charge < -0.3 is 19.5 Å². The molecule has 3 rings (SSSR count). The molecule has 1 aliphatic heterocycles. The minimum Gasteiger partial charge on any atom is -0.497 e. The zero-order valence-corrected chi connectivity index (χ0v) is 16.1. The Balaban J connectivity index is 1.61. The molecule has 0 saturated carbocycles. The Morgan fingerprint density at radius 2 is 1.86 bits per heavy atom. The van der Waals surface area contributed by atoms with Crippen molar-refractivity contribution in [3.05, 3.63) is 48.3 Å². The van der Waals surface area contributed by atoms with E-state index in [0.717, 1.165) is 5.56 Å². The van der Waals surface area contributed by atoms with Crippen LogP contribution >= 0.6 is 0 Å². The Morgan fingerprint density at radius 1 is 1.17 bits per heavy atom. The van der Waals surface area contributed by atoms with Crippen LogP contribution in [0, 0.1) is 11.7 Å². The van der Waals surface area contributed by atoms with Gasteiger partial charge in [0.2, 0.25) is 0 Å². The third-order valence-corrected chi connectivity index (χ3v) is 4.95. The van der Waals surface area contributed by atoms with E-state index < -0.39 is 18.0 Å². The first-order valence-corrected chi connectivity index (χ1v) is 9.32. The first-order chi connectivity index (χ1) is 14.0. The van der Waals surface area contributed by atoms with Crippen LogP contribution in [-0.4, -0.2) is 49.0 Å². The maximum atomic E-state index is 13.8. The Bertz CT molecular complexity index is 864. The van der Waals surface area contributed by atoms with Crippen LogP contribution < -0.4 is 10.1 Å². The van der Waals surface area contributed by atoms with Gasteiger partial charge in [-0.3, -0.25) is 5.32 Å². The summed E-state index contributed by atoms with van der Waals surface area (Å²) >= 11 is 0. The summed E-state index contributed by atoms with van der Waals surface area (Å²) in [4.78, 5) is 24.5. The topological polar surface area (TPSA) is 88.1 Å². The zero-order valence-electron chi connectivity index (χ0n) is 16.1. The van der Waals surface area contributed by atoms with Crippen LogP contribution in [0.4, 0.5) is 19.7 Å². The molecule has 29 heavy (non-hydrogen) atoms. The number of amides is 2. The van der Waals surface area contributed by atoms with Crippen molar-refractivity contribution < 1.29 is 28.6 Å². The summed E-state index contributed by atoms with van der Waals surface area (Å²) in [6, 6.07) is 11.2. The molecule has 2 amide bonds. The lowest BCUT2D eigenvalue weighted by atomic mass is 9.98. The molecule has 1 saturated heterocycles. The van der Waals surface area contributed by atoms with Gasteiger partial charge in [-0.05, 0) is 54.7 Å². The largest absolute Gasteiger partial charge is 0.497 e. The first kappa shape index (κ1) is 20.4. The van der Waals surface area contributed by atoms with Crippen molar-refractivity contribution in [3.8, 4) is 16.9 Å². The summed E-state index contributed by atoms with van der Waals surface area (Å²) < 4.78 is 24.2. The van der Waals surface area contributed by atoms with Crippen molar-refractivity contribution in [3.63, 3.8) is 0 Å². The van der Waals surface area contributed by atoms with Crippen LogP contribution in [0.1, 0.15) is 12.8 Å². The number of ether oxygens (including phenoxy) is 2. The molecule has 0 bridgehead atoms. The predicted molar refractivity (Wildman–Crippen MR) is 106 cm³/mol. The SMILES string of the molecule is COc1ccc(-c2cc(F)ccc2NC(=O)OCC2CCN(C(=O)O)CC2)cc1. The van der Waals surface area contributed by atoms with Crippen molar-refractivity contribution in [1.82, 2.24) is 4.90 Å². The van der Waals surface area contributed by atoms with Crippen molar-refractivity contribution in [2.75, 3.05) is 32.1 Å². The van der Waals surface area contributed by atoms with Gasteiger partial charge in [0.15, 0.2) is 0 Å². The first-order valence-electron chi connectivity index (χ1n) is 9.32. The Hall–Kier alpha value is -3.29. The van der Waals surface area contributed by atoms with Gasteiger partial charge in [0.25, 0.3) is 0 Å². The number of nitrogens with one attached hydrogen (secondary N) is 1. The summed E-state index contributed by atoms with van der Waals surface area (Å²) in [5.41, 5.74) is 1.68. The molecule has 0 aromatic heterocycles. The number of hydrogen-bond donors (Lipinski definition) is 2. The monoisotopic (exact) mass is 402 g/mol. The van der Waals surface area contributed by atoms with E-state index in [0.29, 0.717) is 42.9 Å². The lowest BCUT2D eigenvalue weighted by molar-refractivity contribution is 0.0948. The molecule has 0 aliphatic carbocycles. The van der Waals surface area contributed by atoms with Crippen molar-refractivity contribution >= 4 is 17.9 Å². The molecule has 2 aromatic carbocycles. The van der Waals surface area contributed by atoms with Crippen LogP contribution in [0.2, 0.25) is 0 Å². The minimum atomic E-state index is -0.926. The highest BCUT2D eigenvalue weighted by molar-refractivity contribution is 5.91. The van der Waals surface area contributed by atoms with Gasteiger partial charge in [-0.1, -0.05) is 12.1 Å². The van der Waals surface area contributed by atoms with Gasteiger partial charge in [0.05, 0.1) is 19.4 Å². The second kappa shape index (κ2) is 9.27. The average Bonchev–Trinajstić information content (AvgIpc) is 2.74. The van der Waals surface area contributed by atoms with Crippen LogP contribution in [0.5, 0.6) is 5.75 Å². The number of likely N-dealkylation sites (tertiary alicyclic amines) is 1. The third kappa shape index (κ3) is 5.37. The number of benzene rings is 2. The Morgan fingerprint density at radius 3 is 2.48 bits per heavy atom. The van der Waals surface area contributed by atoms with E-state index in [1.807, 2.05) is 0 Å². The van der Waals surface area contributed by atoms with E-state index >= 15 is 0 Å². The number of halogens is 1. The number of piperidine rings is 1. The summed E-state index contributed by atoms with van der Waals surface area (Å²) in [6.07, 6.45) is -0.267. The fraction of sp³-hybridized carbons (Fsp3) is 0.333. The summed E-state index contributed by atoms with van der Waals surface area (Å²) in [5.74, 6) is 0.374. The molecule has 0 spiro atoms. The molecule has 0 radical (unpaired) electrons. The van der Waals surface area contributed by atoms with E-state index in [1.54, 1.807) is 31.4 Å². The van der Waals surface area contributed by atoms with Crippen LogP contribution in [0.3, 0.4) is 0 Å². The van der Waals surface area contributed by atoms with Gasteiger partial charge in [0.1, 0.15) is 11.6 Å². The average molecular weight is 402 g/mol. The van der Waals surface area contributed by atoms with Gasteiger partial charge in [0, 0.05) is 18.7 Å². The van der Waals surface area contributed by atoms with Crippen LogP contribution in [-0.2, 0) is 4.74 Å². The standard InChI is InChI=1S/C21H23FN2O5/c1-28-17-5-2-15(3-6-17)18-12-16(22)4-7-19(18)23-20(25)29-13-14-8-10-24(11-9-14)21(26)27/h2-7,12,14H,8-11,13H2,1H3,(H,23,25)(H,26,27). The number of nitrogens with zero attached hydrogens (tertiary/aromatic N) is 1. The molecule has 1 fully saturated rings. The molecule has 1 heterocycles. The fourth-order valence-corrected chi connectivity index (χ4v) is 3.27. The molecule has 7 nitrogen and oxygen atoms in total. The van der Waals surface area contributed by atoms with Crippen LogP contribution in [0.25, 0.3) is 11.1 Å². The van der Waals surface area contributed by atoms with E-state index in [9.17, 15) is 14.0 Å². The highest BCUT2D eigenvalue weighted by Gasteiger charge is 2.23. The maximum Gasteiger partial charge on any atom is 0.411 e. The van der Waals surface area contributed by atoms with Crippen LogP contribution in [0.15, 0.2) is 42.5 Å². The van der Waals surface area contributed by atoms with Gasteiger partial charge in [-0.2, -0.15) is 0 Å². The number of methoxy groups -OCH3 is 1. The highest BCUT2D eigenvalue weighted by Crippen LogP contribution is 2.30. The van der Waals surface area contributed by atoms with Gasteiger partial charge >= 0.3 is 12.2 Å². The van der Waals surface area contributed by atoms with Gasteiger partial charge in [-0.25, -0.2) is 14.0 Å².